The van der Waals surface area contributed by atoms with Crippen molar-refractivity contribution in [2.24, 2.45) is 11.8 Å². The van der Waals surface area contributed by atoms with Crippen molar-refractivity contribution in [2.75, 3.05) is 13.2 Å². The first-order chi connectivity index (χ1) is 17.2. The van der Waals surface area contributed by atoms with E-state index < -0.39 is 0 Å². The second-order valence-electron chi connectivity index (χ2n) is 10.9. The Labute approximate surface area is 214 Å². The zero-order chi connectivity index (χ0) is 24.3. The number of rotatable bonds is 12. The third kappa shape index (κ3) is 8.50. The molecule has 0 amide bonds. The van der Waals surface area contributed by atoms with Crippen LogP contribution in [-0.2, 0) is 30.4 Å². The van der Waals surface area contributed by atoms with E-state index in [0.29, 0.717) is 0 Å². The lowest BCUT2D eigenvalue weighted by Gasteiger charge is -2.24. The minimum Gasteiger partial charge on any atom is -0.373 e. The quantitative estimate of drug-likeness (QED) is 0.281. The Morgan fingerprint density at radius 1 is 0.600 bits per heavy atom. The molecular formula is C34H46O. The van der Waals surface area contributed by atoms with Crippen LogP contribution in [0.3, 0.4) is 0 Å². The fourth-order valence-corrected chi connectivity index (χ4v) is 5.61. The molecule has 0 saturated heterocycles. The van der Waals surface area contributed by atoms with Crippen LogP contribution in [-0.4, -0.2) is 13.2 Å². The second kappa shape index (κ2) is 13.8. The van der Waals surface area contributed by atoms with Gasteiger partial charge in [0.05, 0.1) is 13.2 Å². The van der Waals surface area contributed by atoms with Crippen LogP contribution in [0.5, 0.6) is 0 Å². The summed E-state index contributed by atoms with van der Waals surface area (Å²) in [4.78, 5) is 0. The summed E-state index contributed by atoms with van der Waals surface area (Å²) in [5, 5.41) is 0. The zero-order valence-electron chi connectivity index (χ0n) is 22.2. The van der Waals surface area contributed by atoms with Crippen LogP contribution in [0, 0.1) is 11.8 Å². The predicted molar refractivity (Wildman–Crippen MR) is 150 cm³/mol. The molecule has 2 aromatic carbocycles. The maximum atomic E-state index is 6.15. The van der Waals surface area contributed by atoms with Gasteiger partial charge in [-0.3, -0.25) is 0 Å². The molecule has 2 unspecified atom stereocenters. The summed E-state index contributed by atoms with van der Waals surface area (Å²) in [7, 11) is 0. The molecule has 0 heterocycles. The van der Waals surface area contributed by atoms with Gasteiger partial charge in [0.1, 0.15) is 0 Å². The van der Waals surface area contributed by atoms with Crippen molar-refractivity contribution in [3.63, 3.8) is 0 Å². The van der Waals surface area contributed by atoms with Crippen molar-refractivity contribution in [3.05, 3.63) is 94.1 Å². The summed E-state index contributed by atoms with van der Waals surface area (Å²) in [6.07, 6.45) is 19.8. The van der Waals surface area contributed by atoms with Crippen LogP contribution >= 0.6 is 0 Å². The minimum atomic E-state index is 0.833. The number of aryl methyl sites for hydroxylation is 4. The first-order valence-corrected chi connectivity index (χ1v) is 14.3. The number of hydrogen-bond donors (Lipinski definition) is 0. The molecule has 1 nitrogen and oxygen atoms in total. The lowest BCUT2D eigenvalue weighted by molar-refractivity contribution is 0.169. The third-order valence-electron chi connectivity index (χ3n) is 8.35. The molecule has 2 aliphatic rings. The molecule has 0 bridgehead atoms. The SMILES string of the molecule is CCc1ccc(CCC2CC=C(COCC3=CCC(CCc4ccc(CC)cc4)CC3)CC2)cc1. The molecule has 2 atom stereocenters. The molecule has 0 aromatic heterocycles. The van der Waals surface area contributed by atoms with E-state index in [9.17, 15) is 0 Å². The molecule has 2 aliphatic carbocycles. The Bertz CT molecular complexity index is 868. The Kier molecular flexibility index (Phi) is 10.3. The van der Waals surface area contributed by atoms with Gasteiger partial charge in [-0.15, -0.1) is 0 Å². The first-order valence-electron chi connectivity index (χ1n) is 14.3. The molecule has 2 aromatic rings. The summed E-state index contributed by atoms with van der Waals surface area (Å²) in [6.45, 7) is 6.11. The molecule has 0 radical (unpaired) electrons. The largest absolute Gasteiger partial charge is 0.373 e. The summed E-state index contributed by atoms with van der Waals surface area (Å²) in [6, 6.07) is 18.5. The van der Waals surface area contributed by atoms with E-state index in [0.717, 1.165) is 37.9 Å². The van der Waals surface area contributed by atoms with Crippen LogP contribution in [0.1, 0.15) is 87.5 Å². The van der Waals surface area contributed by atoms with Gasteiger partial charge >= 0.3 is 0 Å². The summed E-state index contributed by atoms with van der Waals surface area (Å²) >= 11 is 0. The van der Waals surface area contributed by atoms with E-state index in [2.05, 4.69) is 74.5 Å². The monoisotopic (exact) mass is 470 g/mol. The minimum absolute atomic E-state index is 0.833. The van der Waals surface area contributed by atoms with Gasteiger partial charge in [0.25, 0.3) is 0 Å². The average molecular weight is 471 g/mol. The van der Waals surface area contributed by atoms with Crippen molar-refractivity contribution in [3.8, 4) is 0 Å². The Morgan fingerprint density at radius 3 is 1.34 bits per heavy atom. The van der Waals surface area contributed by atoms with Gasteiger partial charge in [-0.2, -0.15) is 0 Å². The van der Waals surface area contributed by atoms with Crippen LogP contribution in [0.15, 0.2) is 71.8 Å². The molecule has 0 spiro atoms. The topological polar surface area (TPSA) is 9.23 Å². The third-order valence-corrected chi connectivity index (χ3v) is 8.35. The van der Waals surface area contributed by atoms with E-state index in [-0.39, 0.29) is 0 Å². The van der Waals surface area contributed by atoms with Crippen molar-refractivity contribution >= 4 is 0 Å². The lowest BCUT2D eigenvalue weighted by Crippen LogP contribution is -2.13. The van der Waals surface area contributed by atoms with Gasteiger partial charge in [-0.1, -0.05) is 74.5 Å². The average Bonchev–Trinajstić information content (AvgIpc) is 2.93. The highest BCUT2D eigenvalue weighted by Gasteiger charge is 2.17. The zero-order valence-corrected chi connectivity index (χ0v) is 22.2. The Morgan fingerprint density at radius 2 is 1.00 bits per heavy atom. The van der Waals surface area contributed by atoms with E-state index in [4.69, 9.17) is 4.74 Å². The summed E-state index contributed by atoms with van der Waals surface area (Å²) in [5.74, 6) is 1.68. The second-order valence-corrected chi connectivity index (χ2v) is 10.9. The first kappa shape index (κ1) is 26.0. The van der Waals surface area contributed by atoms with E-state index in [1.165, 1.54) is 97.6 Å². The molecule has 0 aliphatic heterocycles. The maximum absolute atomic E-state index is 6.15. The van der Waals surface area contributed by atoms with E-state index in [1.807, 2.05) is 0 Å². The van der Waals surface area contributed by atoms with Gasteiger partial charge in [0, 0.05) is 0 Å². The molecule has 35 heavy (non-hydrogen) atoms. The van der Waals surface area contributed by atoms with Crippen molar-refractivity contribution in [1.82, 2.24) is 0 Å². The normalized spacial score (nSPS) is 20.4. The number of allylic oxidation sites excluding steroid dienone is 2. The fraction of sp³-hybridized carbons (Fsp3) is 0.529. The van der Waals surface area contributed by atoms with Gasteiger partial charge in [0.2, 0.25) is 0 Å². The smallest absolute Gasteiger partial charge is 0.0681 e. The van der Waals surface area contributed by atoms with Gasteiger partial charge in [0.15, 0.2) is 0 Å². The fourth-order valence-electron chi connectivity index (χ4n) is 5.61. The molecule has 0 N–H and O–H groups in total. The van der Waals surface area contributed by atoms with Crippen LogP contribution in [0.25, 0.3) is 0 Å². The maximum Gasteiger partial charge on any atom is 0.0681 e. The van der Waals surface area contributed by atoms with Crippen molar-refractivity contribution in [2.45, 2.75) is 90.9 Å². The summed E-state index contributed by atoms with van der Waals surface area (Å²) < 4.78 is 6.15. The molecule has 0 fully saturated rings. The standard InChI is InChI=1S/C34H46O/c1-3-27-5-9-29(10-6-27)13-15-31-17-21-33(22-18-31)25-35-26-34-23-19-32(20-24-34)16-14-30-11-7-28(4-2)8-12-30/h5-12,21,23,31-32H,3-4,13-20,22,24-26H2,1-2H3. The van der Waals surface area contributed by atoms with E-state index in [1.54, 1.807) is 0 Å². The molecule has 0 saturated carbocycles. The van der Waals surface area contributed by atoms with Crippen LogP contribution < -0.4 is 0 Å². The highest BCUT2D eigenvalue weighted by molar-refractivity contribution is 5.23. The Balaban J connectivity index is 1.09. The molecular weight excluding hydrogens is 424 g/mol. The van der Waals surface area contributed by atoms with Crippen LogP contribution in [0.2, 0.25) is 0 Å². The summed E-state index contributed by atoms with van der Waals surface area (Å²) in [5.41, 5.74) is 8.92. The molecule has 1 heteroatoms. The predicted octanol–water partition coefficient (Wildman–Crippen LogP) is 8.85. The van der Waals surface area contributed by atoms with E-state index >= 15 is 0 Å². The number of hydrogen-bond acceptors (Lipinski definition) is 1. The van der Waals surface area contributed by atoms with Gasteiger partial charge in [-0.05, 0) is 122 Å². The van der Waals surface area contributed by atoms with Crippen LogP contribution in [0.4, 0.5) is 0 Å². The Hall–Kier alpha value is -2.12. The highest BCUT2D eigenvalue weighted by atomic mass is 16.5. The van der Waals surface area contributed by atoms with Gasteiger partial charge in [-0.25, -0.2) is 0 Å². The number of benzene rings is 2. The number of ether oxygens (including phenoxy) is 1. The van der Waals surface area contributed by atoms with Crippen molar-refractivity contribution < 1.29 is 4.74 Å². The highest BCUT2D eigenvalue weighted by Crippen LogP contribution is 2.29. The lowest BCUT2D eigenvalue weighted by atomic mass is 9.85. The molecule has 188 valence electrons. The van der Waals surface area contributed by atoms with Crippen molar-refractivity contribution in [1.29, 1.82) is 0 Å². The van der Waals surface area contributed by atoms with Gasteiger partial charge < -0.3 is 4.74 Å². The molecule has 4 rings (SSSR count).